The summed E-state index contributed by atoms with van der Waals surface area (Å²) in [5.74, 6) is -0.469. The molecule has 0 aliphatic rings. The Balaban J connectivity index is 1.73. The molecule has 2 N–H and O–H groups in total. The fourth-order valence-electron chi connectivity index (χ4n) is 2.54. The van der Waals surface area contributed by atoms with E-state index in [1.54, 1.807) is 29.5 Å². The molecule has 0 bridgehead atoms. The maximum Gasteiger partial charge on any atom is 0.356 e. The molecule has 30 heavy (non-hydrogen) atoms. The Kier molecular flexibility index (Phi) is 6.97. The minimum absolute atomic E-state index is 0.0728. The Morgan fingerprint density at radius 1 is 1.17 bits per heavy atom. The number of ether oxygens (including phenoxy) is 2. The van der Waals surface area contributed by atoms with Crippen molar-refractivity contribution < 1.29 is 24.2 Å². The number of nitrogens with zero attached hydrogens (tertiary/aromatic N) is 2. The molecule has 0 spiro atoms. The molecule has 0 radical (unpaired) electrons. The number of carbonyl (C=O) groups is 2. The zero-order chi connectivity index (χ0) is 21.5. The summed E-state index contributed by atoms with van der Waals surface area (Å²) in [6.07, 6.45) is 2.95. The van der Waals surface area contributed by atoms with Gasteiger partial charge in [-0.1, -0.05) is 0 Å². The van der Waals surface area contributed by atoms with Gasteiger partial charge in [0.2, 0.25) is 0 Å². The molecule has 0 unspecified atom stereocenters. The van der Waals surface area contributed by atoms with Gasteiger partial charge in [-0.15, -0.1) is 0 Å². The Bertz CT molecular complexity index is 1000. The number of nitrogens with one attached hydrogen (secondary N) is 1. The smallest absolute Gasteiger partial charge is 0.356 e. The van der Waals surface area contributed by atoms with Crippen molar-refractivity contribution in [3.63, 3.8) is 0 Å². The van der Waals surface area contributed by atoms with Crippen LogP contribution in [0.4, 0.5) is 5.82 Å². The van der Waals surface area contributed by atoms with Crippen LogP contribution < -0.4 is 14.8 Å². The maximum atomic E-state index is 12.7. The zero-order valence-electron chi connectivity index (χ0n) is 16.5. The highest BCUT2D eigenvalue weighted by atomic mass is 32.1. The third-order valence-corrected chi connectivity index (χ3v) is 4.60. The van der Waals surface area contributed by atoms with Gasteiger partial charge >= 0.3 is 5.97 Å². The molecule has 0 atom stereocenters. The van der Waals surface area contributed by atoms with Crippen LogP contribution >= 0.6 is 11.3 Å². The van der Waals surface area contributed by atoms with Gasteiger partial charge in [-0.25, -0.2) is 14.8 Å². The van der Waals surface area contributed by atoms with E-state index < -0.39 is 11.9 Å². The van der Waals surface area contributed by atoms with Gasteiger partial charge in [0.15, 0.2) is 11.5 Å². The van der Waals surface area contributed by atoms with E-state index in [4.69, 9.17) is 14.6 Å². The molecule has 1 amide bonds. The molecule has 0 saturated heterocycles. The fraction of sp³-hybridized carbons (Fsp3) is 0.238. The lowest BCUT2D eigenvalue weighted by molar-refractivity contribution is 0.0690. The van der Waals surface area contributed by atoms with Gasteiger partial charge in [-0.3, -0.25) is 4.79 Å². The van der Waals surface area contributed by atoms with Crippen molar-refractivity contribution in [1.82, 2.24) is 9.97 Å². The quantitative estimate of drug-likeness (QED) is 0.533. The van der Waals surface area contributed by atoms with Gasteiger partial charge in [0.1, 0.15) is 11.5 Å². The van der Waals surface area contributed by atoms with Gasteiger partial charge < -0.3 is 19.9 Å². The predicted molar refractivity (Wildman–Crippen MR) is 113 cm³/mol. The van der Waals surface area contributed by atoms with Crippen LogP contribution in [0.1, 0.15) is 40.3 Å². The zero-order valence-corrected chi connectivity index (χ0v) is 17.3. The first-order chi connectivity index (χ1) is 14.4. The average Bonchev–Trinajstić information content (AvgIpc) is 3.21. The molecule has 3 rings (SSSR count). The van der Waals surface area contributed by atoms with E-state index >= 15 is 0 Å². The van der Waals surface area contributed by atoms with E-state index in [0.717, 1.165) is 12.6 Å². The first-order valence-corrected chi connectivity index (χ1v) is 10.2. The van der Waals surface area contributed by atoms with Crippen LogP contribution in [0, 0.1) is 0 Å². The van der Waals surface area contributed by atoms with Crippen LogP contribution in [-0.2, 0) is 6.42 Å². The van der Waals surface area contributed by atoms with Crippen LogP contribution in [-0.4, -0.2) is 39.7 Å². The number of aromatic nitrogens is 2. The van der Waals surface area contributed by atoms with Crippen molar-refractivity contribution in [1.29, 1.82) is 0 Å². The summed E-state index contributed by atoms with van der Waals surface area (Å²) in [5, 5.41) is 15.6. The molecule has 3 aromatic rings. The summed E-state index contributed by atoms with van der Waals surface area (Å²) in [6.45, 7) is 4.25. The SMILES string of the molecule is CC(C)Oc1cc(OCCc2ccsc2)cc(C(=O)Nc2cnc(C(=O)O)cn2)c1. The lowest BCUT2D eigenvalue weighted by Crippen LogP contribution is -2.15. The molecule has 0 saturated carbocycles. The van der Waals surface area contributed by atoms with Gasteiger partial charge in [0.05, 0.1) is 25.1 Å². The van der Waals surface area contributed by atoms with Gasteiger partial charge in [0.25, 0.3) is 5.91 Å². The molecule has 2 heterocycles. The number of thiophene rings is 1. The Labute approximate surface area is 177 Å². The van der Waals surface area contributed by atoms with E-state index in [1.807, 2.05) is 25.3 Å². The molecule has 1 aromatic carbocycles. The second kappa shape index (κ2) is 9.84. The first kappa shape index (κ1) is 21.3. The number of carbonyl (C=O) groups excluding carboxylic acids is 1. The number of amides is 1. The van der Waals surface area contributed by atoms with E-state index in [1.165, 1.54) is 11.8 Å². The van der Waals surface area contributed by atoms with Gasteiger partial charge in [-0.2, -0.15) is 11.3 Å². The molecular weight excluding hydrogens is 406 g/mol. The van der Waals surface area contributed by atoms with Crippen molar-refractivity contribution in [2.45, 2.75) is 26.4 Å². The third kappa shape index (κ3) is 6.02. The molecule has 156 valence electrons. The van der Waals surface area contributed by atoms with Crippen molar-refractivity contribution in [2.24, 2.45) is 0 Å². The summed E-state index contributed by atoms with van der Waals surface area (Å²) >= 11 is 1.63. The molecule has 2 aromatic heterocycles. The van der Waals surface area contributed by atoms with Crippen LogP contribution in [0.3, 0.4) is 0 Å². The highest BCUT2D eigenvalue weighted by molar-refractivity contribution is 7.07. The molecule has 0 aliphatic heterocycles. The monoisotopic (exact) mass is 427 g/mol. The minimum atomic E-state index is -1.19. The van der Waals surface area contributed by atoms with E-state index in [2.05, 4.69) is 20.7 Å². The number of hydrogen-bond donors (Lipinski definition) is 2. The number of benzene rings is 1. The van der Waals surface area contributed by atoms with E-state index in [-0.39, 0.29) is 17.6 Å². The van der Waals surface area contributed by atoms with Crippen LogP contribution in [0.5, 0.6) is 11.5 Å². The van der Waals surface area contributed by atoms with Crippen LogP contribution in [0.2, 0.25) is 0 Å². The van der Waals surface area contributed by atoms with Crippen molar-refractivity contribution in [2.75, 3.05) is 11.9 Å². The topological polar surface area (TPSA) is 111 Å². The van der Waals surface area contributed by atoms with Crippen molar-refractivity contribution >= 4 is 29.0 Å². The average molecular weight is 427 g/mol. The van der Waals surface area contributed by atoms with Crippen LogP contribution in [0.15, 0.2) is 47.4 Å². The molecule has 0 aliphatic carbocycles. The molecule has 8 nitrogen and oxygen atoms in total. The normalized spacial score (nSPS) is 10.6. The number of hydrogen-bond acceptors (Lipinski definition) is 7. The standard InChI is InChI=1S/C21H21N3O5S/c1-13(2)29-17-8-15(7-16(9-17)28-5-3-14-4-6-30-12-14)20(25)24-19-11-22-18(10-23-19)21(26)27/h4,6-13H,3,5H2,1-2H3,(H,26,27)(H,23,24,25). The first-order valence-electron chi connectivity index (χ1n) is 9.23. The Hall–Kier alpha value is -3.46. The highest BCUT2D eigenvalue weighted by Crippen LogP contribution is 2.25. The lowest BCUT2D eigenvalue weighted by Gasteiger charge is -2.14. The van der Waals surface area contributed by atoms with E-state index in [9.17, 15) is 9.59 Å². The van der Waals surface area contributed by atoms with Crippen LogP contribution in [0.25, 0.3) is 0 Å². The second-order valence-electron chi connectivity index (χ2n) is 6.64. The fourth-order valence-corrected chi connectivity index (χ4v) is 3.24. The largest absolute Gasteiger partial charge is 0.493 e. The lowest BCUT2D eigenvalue weighted by atomic mass is 10.2. The summed E-state index contributed by atoms with van der Waals surface area (Å²) in [7, 11) is 0. The highest BCUT2D eigenvalue weighted by Gasteiger charge is 2.13. The summed E-state index contributed by atoms with van der Waals surface area (Å²) in [4.78, 5) is 31.2. The summed E-state index contributed by atoms with van der Waals surface area (Å²) in [5.41, 5.74) is 1.31. The van der Waals surface area contributed by atoms with E-state index in [0.29, 0.717) is 23.7 Å². The Morgan fingerprint density at radius 3 is 2.60 bits per heavy atom. The summed E-state index contributed by atoms with van der Waals surface area (Å²) in [6, 6.07) is 7.02. The Morgan fingerprint density at radius 2 is 1.97 bits per heavy atom. The summed E-state index contributed by atoms with van der Waals surface area (Å²) < 4.78 is 11.6. The molecule has 9 heteroatoms. The maximum absolute atomic E-state index is 12.7. The van der Waals surface area contributed by atoms with Gasteiger partial charge in [-0.05, 0) is 48.4 Å². The van der Waals surface area contributed by atoms with Crippen molar-refractivity contribution in [3.8, 4) is 11.5 Å². The number of anilines is 1. The third-order valence-electron chi connectivity index (χ3n) is 3.87. The number of carboxylic acids is 1. The molecular formula is C21H21N3O5S. The van der Waals surface area contributed by atoms with Crippen molar-refractivity contribution in [3.05, 3.63) is 64.2 Å². The minimum Gasteiger partial charge on any atom is -0.493 e. The van der Waals surface area contributed by atoms with Gasteiger partial charge in [0, 0.05) is 18.1 Å². The molecule has 0 fully saturated rings. The number of rotatable bonds is 9. The number of carboxylic acid groups (broad SMARTS) is 1. The predicted octanol–water partition coefficient (Wildman–Crippen LogP) is 3.90. The number of aromatic carboxylic acids is 1. The second-order valence-corrected chi connectivity index (χ2v) is 7.42.